The lowest BCUT2D eigenvalue weighted by molar-refractivity contribution is 0.519. The van der Waals surface area contributed by atoms with Gasteiger partial charge in [-0.15, -0.1) is 0 Å². The molecule has 0 fully saturated rings. The molecule has 0 bridgehead atoms. The van der Waals surface area contributed by atoms with E-state index in [2.05, 4.69) is 0 Å². The zero-order valence-corrected chi connectivity index (χ0v) is 10.5. The Kier molecular flexibility index (Phi) is 2.55. The normalized spacial score (nSPS) is 13.4. The average molecular weight is 216 g/mol. The fraction of sp³-hybridized carbons (Fsp3) is 0.500. The summed E-state index contributed by atoms with van der Waals surface area (Å²) >= 11 is 0. The van der Waals surface area contributed by atoms with Crippen LogP contribution < -0.4 is 10.8 Å². The van der Waals surface area contributed by atoms with Crippen LogP contribution in [0, 0.1) is 0 Å². The van der Waals surface area contributed by atoms with E-state index in [0.29, 0.717) is 10.8 Å². The largest absolute Gasteiger partial charge is 0.470 e. The monoisotopic (exact) mass is 216 g/mol. The topological polar surface area (TPSA) is 53.6 Å². The zero-order valence-electron chi connectivity index (χ0n) is 8.46. The SMILES string of the molecule is C[Si](C)(O)c1ccc([Si](C)(C)O)o1. The first-order valence-electron chi connectivity index (χ1n) is 4.27. The smallest absolute Gasteiger partial charge is 0.254 e. The molecule has 1 heterocycles. The van der Waals surface area contributed by atoms with Gasteiger partial charge in [0.2, 0.25) is 0 Å². The van der Waals surface area contributed by atoms with Gasteiger partial charge in [0.1, 0.15) is 10.8 Å². The Morgan fingerprint density at radius 1 is 0.923 bits per heavy atom. The van der Waals surface area contributed by atoms with Crippen molar-refractivity contribution in [2.75, 3.05) is 0 Å². The molecular formula is C8H16O3Si2. The third-order valence-electron chi connectivity index (χ3n) is 1.81. The van der Waals surface area contributed by atoms with E-state index < -0.39 is 16.6 Å². The maximum absolute atomic E-state index is 9.75. The molecule has 13 heavy (non-hydrogen) atoms. The number of hydrogen-bond acceptors (Lipinski definition) is 3. The predicted molar refractivity (Wildman–Crippen MR) is 57.4 cm³/mol. The number of furan rings is 1. The first-order valence-corrected chi connectivity index (χ1v) is 10.2. The Hall–Kier alpha value is -0.366. The van der Waals surface area contributed by atoms with Gasteiger partial charge in [0.25, 0.3) is 16.6 Å². The molecule has 0 saturated heterocycles. The molecule has 0 aliphatic rings. The van der Waals surface area contributed by atoms with Crippen LogP contribution in [0.15, 0.2) is 16.5 Å². The molecule has 3 nitrogen and oxygen atoms in total. The minimum atomic E-state index is -2.35. The molecule has 74 valence electrons. The van der Waals surface area contributed by atoms with E-state index in [4.69, 9.17) is 4.42 Å². The Morgan fingerprint density at radius 2 is 1.23 bits per heavy atom. The summed E-state index contributed by atoms with van der Waals surface area (Å²) in [7, 11) is -4.69. The second kappa shape index (κ2) is 3.09. The van der Waals surface area contributed by atoms with E-state index in [1.807, 2.05) is 0 Å². The van der Waals surface area contributed by atoms with Crippen LogP contribution in [0.5, 0.6) is 0 Å². The summed E-state index contributed by atoms with van der Waals surface area (Å²) < 4.78 is 5.44. The van der Waals surface area contributed by atoms with Gasteiger partial charge in [-0.05, 0) is 38.3 Å². The van der Waals surface area contributed by atoms with Gasteiger partial charge in [-0.3, -0.25) is 0 Å². The lowest BCUT2D eigenvalue weighted by Gasteiger charge is -2.12. The molecule has 0 saturated carbocycles. The first-order chi connectivity index (χ1) is 5.71. The zero-order chi connectivity index (χ0) is 10.3. The van der Waals surface area contributed by atoms with Gasteiger partial charge in [0.15, 0.2) is 0 Å². The van der Waals surface area contributed by atoms with Gasteiger partial charge in [-0.25, -0.2) is 0 Å². The van der Waals surface area contributed by atoms with Gasteiger partial charge >= 0.3 is 0 Å². The average Bonchev–Trinajstić information content (AvgIpc) is 2.28. The van der Waals surface area contributed by atoms with Crippen LogP contribution in [0.4, 0.5) is 0 Å². The molecule has 0 unspecified atom stereocenters. The number of rotatable bonds is 2. The Labute approximate surface area is 80.3 Å². The van der Waals surface area contributed by atoms with E-state index in [0.717, 1.165) is 0 Å². The van der Waals surface area contributed by atoms with Gasteiger partial charge in [-0.2, -0.15) is 0 Å². The lowest BCUT2D eigenvalue weighted by atomic mass is 10.7. The van der Waals surface area contributed by atoms with Crippen LogP contribution in [0.25, 0.3) is 0 Å². The Bertz CT molecular complexity index is 265. The van der Waals surface area contributed by atoms with Gasteiger partial charge in [0, 0.05) is 0 Å². The molecule has 0 spiro atoms. The van der Waals surface area contributed by atoms with Crippen LogP contribution in [0.1, 0.15) is 0 Å². The van der Waals surface area contributed by atoms with Crippen LogP contribution in [0.2, 0.25) is 26.2 Å². The quantitative estimate of drug-likeness (QED) is 0.689. The summed E-state index contributed by atoms with van der Waals surface area (Å²) in [5, 5.41) is 1.27. The Balaban J connectivity index is 3.01. The highest BCUT2D eigenvalue weighted by atomic mass is 28.4. The predicted octanol–water partition coefficient (Wildman–Crippen LogP) is 0.0884. The third-order valence-corrected chi connectivity index (χ3v) is 4.76. The van der Waals surface area contributed by atoms with E-state index in [1.165, 1.54) is 0 Å². The summed E-state index contributed by atoms with van der Waals surface area (Å²) in [5.41, 5.74) is 0. The number of hydrogen-bond donors (Lipinski definition) is 2. The molecule has 0 aliphatic carbocycles. The van der Waals surface area contributed by atoms with Crippen LogP contribution in [-0.2, 0) is 0 Å². The fourth-order valence-electron chi connectivity index (χ4n) is 0.996. The van der Waals surface area contributed by atoms with Crippen LogP contribution in [-0.4, -0.2) is 26.2 Å². The minimum Gasteiger partial charge on any atom is -0.470 e. The first kappa shape index (κ1) is 10.7. The molecule has 0 radical (unpaired) electrons. The highest BCUT2D eigenvalue weighted by Gasteiger charge is 2.29. The summed E-state index contributed by atoms with van der Waals surface area (Å²) in [4.78, 5) is 19.5. The second-order valence-electron chi connectivity index (χ2n) is 4.28. The van der Waals surface area contributed by atoms with Crippen LogP contribution in [0.3, 0.4) is 0 Å². The van der Waals surface area contributed by atoms with Crippen molar-refractivity contribution in [3.05, 3.63) is 12.1 Å². The minimum absolute atomic E-state index is 0.636. The molecule has 2 N–H and O–H groups in total. The summed E-state index contributed by atoms with van der Waals surface area (Å²) in [6.45, 7) is 7.17. The van der Waals surface area contributed by atoms with E-state index >= 15 is 0 Å². The molecular weight excluding hydrogens is 200 g/mol. The Morgan fingerprint density at radius 3 is 1.38 bits per heavy atom. The van der Waals surface area contributed by atoms with Crippen molar-refractivity contribution in [3.63, 3.8) is 0 Å². The van der Waals surface area contributed by atoms with E-state index in [-0.39, 0.29) is 0 Å². The summed E-state index contributed by atoms with van der Waals surface area (Å²) in [6, 6.07) is 3.54. The van der Waals surface area contributed by atoms with Gasteiger partial charge in [-0.1, -0.05) is 0 Å². The van der Waals surface area contributed by atoms with Crippen molar-refractivity contribution in [1.82, 2.24) is 0 Å². The molecule has 1 aromatic rings. The van der Waals surface area contributed by atoms with Crippen molar-refractivity contribution >= 4 is 27.4 Å². The molecule has 5 heteroatoms. The highest BCUT2D eigenvalue weighted by molar-refractivity contribution is 6.84. The standard InChI is InChI=1S/C8H16O3Si2/c1-12(2,9)7-5-6-8(11-7)13(3,4)10/h5-6,9-10H,1-4H3. The lowest BCUT2D eigenvalue weighted by Crippen LogP contribution is -2.44. The summed E-state index contributed by atoms with van der Waals surface area (Å²) in [5.74, 6) is 0. The molecule has 1 aromatic heterocycles. The van der Waals surface area contributed by atoms with Gasteiger partial charge in [0.05, 0.1) is 0 Å². The molecule has 0 amide bonds. The van der Waals surface area contributed by atoms with E-state index in [1.54, 1.807) is 38.3 Å². The third kappa shape index (κ3) is 2.54. The molecule has 1 rings (SSSR count). The maximum atomic E-state index is 9.75. The van der Waals surface area contributed by atoms with E-state index in [9.17, 15) is 9.59 Å². The van der Waals surface area contributed by atoms with Crippen molar-refractivity contribution < 1.29 is 14.0 Å². The van der Waals surface area contributed by atoms with Crippen molar-refractivity contribution in [2.45, 2.75) is 26.2 Å². The fourth-order valence-corrected chi connectivity index (χ4v) is 2.80. The van der Waals surface area contributed by atoms with Crippen molar-refractivity contribution in [1.29, 1.82) is 0 Å². The van der Waals surface area contributed by atoms with Crippen molar-refractivity contribution in [2.24, 2.45) is 0 Å². The molecule has 0 atom stereocenters. The second-order valence-corrected chi connectivity index (χ2v) is 11.5. The van der Waals surface area contributed by atoms with Gasteiger partial charge < -0.3 is 14.0 Å². The molecule has 0 aliphatic heterocycles. The summed E-state index contributed by atoms with van der Waals surface area (Å²) in [6.07, 6.45) is 0. The van der Waals surface area contributed by atoms with Crippen molar-refractivity contribution in [3.8, 4) is 0 Å². The maximum Gasteiger partial charge on any atom is 0.254 e. The molecule has 0 aromatic carbocycles. The highest BCUT2D eigenvalue weighted by Crippen LogP contribution is 2.02. The van der Waals surface area contributed by atoms with Crippen LogP contribution >= 0.6 is 0 Å².